The van der Waals surface area contributed by atoms with Crippen LogP contribution in [0.2, 0.25) is 0 Å². The van der Waals surface area contributed by atoms with Gasteiger partial charge in [0.1, 0.15) is 0 Å². The lowest BCUT2D eigenvalue weighted by atomic mass is 9.92. The number of nitrogens with one attached hydrogen (secondary N) is 1. The molecule has 0 bridgehead atoms. The van der Waals surface area contributed by atoms with E-state index < -0.39 is 0 Å². The Kier molecular flexibility index (Phi) is 1.29. The van der Waals surface area contributed by atoms with Gasteiger partial charge in [-0.2, -0.15) is 0 Å². The Bertz CT molecular complexity index is 164. The standard InChI is InChI=1S/C7H13N3/c8-7-9-5-3-1-2-4-6(5)10-7/h5-6H,1-4H2,(H3,8,9,10)/t5-,6+. The van der Waals surface area contributed by atoms with Crippen LogP contribution in [-0.4, -0.2) is 18.0 Å². The Balaban J connectivity index is 2.06. The van der Waals surface area contributed by atoms with Crippen molar-refractivity contribution in [2.24, 2.45) is 10.7 Å². The largest absolute Gasteiger partial charge is 0.370 e. The van der Waals surface area contributed by atoms with Gasteiger partial charge in [0.2, 0.25) is 0 Å². The van der Waals surface area contributed by atoms with Crippen LogP contribution in [-0.2, 0) is 0 Å². The predicted molar refractivity (Wildman–Crippen MR) is 40.8 cm³/mol. The molecule has 56 valence electrons. The lowest BCUT2D eigenvalue weighted by Crippen LogP contribution is -2.39. The van der Waals surface area contributed by atoms with E-state index in [9.17, 15) is 0 Å². The predicted octanol–water partition coefficient (Wildman–Crippen LogP) is 0.215. The summed E-state index contributed by atoms with van der Waals surface area (Å²) in [6.07, 6.45) is 5.11. The highest BCUT2D eigenvalue weighted by molar-refractivity contribution is 5.80. The van der Waals surface area contributed by atoms with E-state index in [0.717, 1.165) is 0 Å². The molecule has 1 saturated carbocycles. The zero-order valence-corrected chi connectivity index (χ0v) is 6.01. The second-order valence-corrected chi connectivity index (χ2v) is 3.12. The zero-order chi connectivity index (χ0) is 6.97. The molecule has 0 aromatic carbocycles. The molecule has 0 unspecified atom stereocenters. The summed E-state index contributed by atoms with van der Waals surface area (Å²) in [5.74, 6) is 0.650. The first-order valence-electron chi connectivity index (χ1n) is 3.96. The summed E-state index contributed by atoms with van der Waals surface area (Å²) in [6.45, 7) is 0. The maximum atomic E-state index is 5.53. The van der Waals surface area contributed by atoms with E-state index in [1.54, 1.807) is 0 Å². The van der Waals surface area contributed by atoms with Crippen LogP contribution in [0.1, 0.15) is 25.7 Å². The Morgan fingerprint density at radius 1 is 1.40 bits per heavy atom. The van der Waals surface area contributed by atoms with Gasteiger partial charge in [0, 0.05) is 0 Å². The molecule has 1 fully saturated rings. The lowest BCUT2D eigenvalue weighted by molar-refractivity contribution is 0.384. The van der Waals surface area contributed by atoms with Crippen LogP contribution in [0.4, 0.5) is 0 Å². The van der Waals surface area contributed by atoms with Crippen LogP contribution in [0.25, 0.3) is 0 Å². The zero-order valence-electron chi connectivity index (χ0n) is 6.01. The van der Waals surface area contributed by atoms with Crippen molar-refractivity contribution in [1.82, 2.24) is 5.32 Å². The first-order valence-corrected chi connectivity index (χ1v) is 3.96. The van der Waals surface area contributed by atoms with Crippen molar-refractivity contribution in [3.05, 3.63) is 0 Å². The molecule has 2 atom stereocenters. The SMILES string of the molecule is NC1=N[C@H]2CCCC[C@H]2N1. The van der Waals surface area contributed by atoms with Gasteiger partial charge in [-0.15, -0.1) is 0 Å². The molecule has 1 heterocycles. The summed E-state index contributed by atoms with van der Waals surface area (Å²) < 4.78 is 0. The van der Waals surface area contributed by atoms with E-state index in [2.05, 4.69) is 10.3 Å². The maximum Gasteiger partial charge on any atom is 0.189 e. The molecule has 1 aliphatic heterocycles. The van der Waals surface area contributed by atoms with Crippen molar-refractivity contribution in [3.8, 4) is 0 Å². The quantitative estimate of drug-likeness (QED) is 0.504. The van der Waals surface area contributed by atoms with Crippen LogP contribution >= 0.6 is 0 Å². The van der Waals surface area contributed by atoms with Crippen molar-refractivity contribution in [3.63, 3.8) is 0 Å². The van der Waals surface area contributed by atoms with Crippen molar-refractivity contribution in [1.29, 1.82) is 0 Å². The molecule has 0 aromatic heterocycles. The van der Waals surface area contributed by atoms with Crippen molar-refractivity contribution >= 4 is 5.96 Å². The molecular formula is C7H13N3. The van der Waals surface area contributed by atoms with Crippen LogP contribution in [0.15, 0.2) is 4.99 Å². The minimum atomic E-state index is 0.494. The van der Waals surface area contributed by atoms with Gasteiger partial charge in [-0.3, -0.25) is 0 Å². The van der Waals surface area contributed by atoms with Gasteiger partial charge in [0.15, 0.2) is 5.96 Å². The molecule has 0 radical (unpaired) electrons. The average Bonchev–Trinajstić information content (AvgIpc) is 2.27. The maximum absolute atomic E-state index is 5.53. The van der Waals surface area contributed by atoms with Gasteiger partial charge in [-0.05, 0) is 12.8 Å². The normalized spacial score (nSPS) is 38.2. The average molecular weight is 139 g/mol. The molecule has 3 heteroatoms. The summed E-state index contributed by atoms with van der Waals surface area (Å²) in [4.78, 5) is 4.29. The highest BCUT2D eigenvalue weighted by atomic mass is 15.2. The van der Waals surface area contributed by atoms with Crippen LogP contribution in [0.5, 0.6) is 0 Å². The molecule has 3 N–H and O–H groups in total. The van der Waals surface area contributed by atoms with Crippen molar-refractivity contribution < 1.29 is 0 Å². The van der Waals surface area contributed by atoms with Crippen LogP contribution < -0.4 is 11.1 Å². The van der Waals surface area contributed by atoms with Gasteiger partial charge >= 0.3 is 0 Å². The third kappa shape index (κ3) is 0.856. The fourth-order valence-corrected chi connectivity index (χ4v) is 1.84. The number of guanidine groups is 1. The smallest absolute Gasteiger partial charge is 0.189 e. The number of nitrogens with zero attached hydrogens (tertiary/aromatic N) is 1. The van der Waals surface area contributed by atoms with Crippen molar-refractivity contribution in [2.75, 3.05) is 0 Å². The number of fused-ring (bicyclic) bond motifs is 1. The van der Waals surface area contributed by atoms with E-state index in [-0.39, 0.29) is 0 Å². The third-order valence-electron chi connectivity index (χ3n) is 2.37. The van der Waals surface area contributed by atoms with Crippen LogP contribution in [0.3, 0.4) is 0 Å². The molecular weight excluding hydrogens is 126 g/mol. The minimum absolute atomic E-state index is 0.494. The summed E-state index contributed by atoms with van der Waals surface area (Å²) in [6, 6.07) is 1.06. The highest BCUT2D eigenvalue weighted by Crippen LogP contribution is 2.23. The highest BCUT2D eigenvalue weighted by Gasteiger charge is 2.29. The summed E-state index contributed by atoms with van der Waals surface area (Å²) in [5, 5.41) is 3.18. The molecule has 0 aromatic rings. The van der Waals surface area contributed by atoms with E-state index in [4.69, 9.17) is 5.73 Å². The first-order chi connectivity index (χ1) is 4.86. The monoisotopic (exact) mass is 139 g/mol. The van der Waals surface area contributed by atoms with E-state index in [1.807, 2.05) is 0 Å². The Morgan fingerprint density at radius 3 is 3.00 bits per heavy atom. The Hall–Kier alpha value is -0.730. The molecule has 2 aliphatic rings. The van der Waals surface area contributed by atoms with Crippen LogP contribution in [0, 0.1) is 0 Å². The molecule has 2 rings (SSSR count). The molecule has 0 amide bonds. The van der Waals surface area contributed by atoms with E-state index in [1.165, 1.54) is 25.7 Å². The molecule has 0 saturated heterocycles. The number of nitrogens with two attached hydrogens (primary N) is 1. The molecule has 10 heavy (non-hydrogen) atoms. The van der Waals surface area contributed by atoms with E-state index >= 15 is 0 Å². The van der Waals surface area contributed by atoms with Gasteiger partial charge < -0.3 is 11.1 Å². The minimum Gasteiger partial charge on any atom is -0.370 e. The molecule has 3 nitrogen and oxygen atoms in total. The number of aliphatic imine (C=N–C) groups is 1. The first kappa shape index (κ1) is 6.01. The van der Waals surface area contributed by atoms with Gasteiger partial charge in [0.25, 0.3) is 0 Å². The lowest BCUT2D eigenvalue weighted by Gasteiger charge is -2.22. The molecule has 0 spiro atoms. The Labute approximate surface area is 60.7 Å². The van der Waals surface area contributed by atoms with Gasteiger partial charge in [-0.25, -0.2) is 4.99 Å². The van der Waals surface area contributed by atoms with E-state index in [0.29, 0.717) is 18.0 Å². The molecule has 1 aliphatic carbocycles. The summed E-state index contributed by atoms with van der Waals surface area (Å²) in [7, 11) is 0. The third-order valence-corrected chi connectivity index (χ3v) is 2.37. The van der Waals surface area contributed by atoms with Gasteiger partial charge in [-0.1, -0.05) is 12.8 Å². The number of hydrogen-bond acceptors (Lipinski definition) is 3. The number of hydrogen-bond donors (Lipinski definition) is 2. The second-order valence-electron chi connectivity index (χ2n) is 3.12. The fraction of sp³-hybridized carbons (Fsp3) is 0.857. The van der Waals surface area contributed by atoms with Crippen molar-refractivity contribution in [2.45, 2.75) is 37.8 Å². The topological polar surface area (TPSA) is 50.4 Å². The second kappa shape index (κ2) is 2.15. The summed E-state index contributed by atoms with van der Waals surface area (Å²) >= 11 is 0. The van der Waals surface area contributed by atoms with Gasteiger partial charge in [0.05, 0.1) is 12.1 Å². The summed E-state index contributed by atoms with van der Waals surface area (Å²) in [5.41, 5.74) is 5.53. The number of rotatable bonds is 0. The Morgan fingerprint density at radius 2 is 2.20 bits per heavy atom. The fourth-order valence-electron chi connectivity index (χ4n) is 1.84.